The molecular formula is C27H31N5O4S2. The minimum absolute atomic E-state index is 0.0718. The largest absolute Gasteiger partial charge is 0.465 e. The van der Waals surface area contributed by atoms with Crippen molar-refractivity contribution in [2.45, 2.75) is 26.3 Å². The first-order valence-electron chi connectivity index (χ1n) is 12.2. The van der Waals surface area contributed by atoms with Gasteiger partial charge in [-0.3, -0.25) is 19.4 Å². The van der Waals surface area contributed by atoms with Gasteiger partial charge in [0.05, 0.1) is 17.4 Å². The lowest BCUT2D eigenvalue weighted by Crippen LogP contribution is -2.26. The number of aromatic amines is 1. The molecule has 3 rings (SSSR count). The molecule has 2 aromatic carbocycles. The van der Waals surface area contributed by atoms with Crippen molar-refractivity contribution in [3.8, 4) is 12.3 Å². The van der Waals surface area contributed by atoms with E-state index in [-0.39, 0.29) is 29.8 Å². The quantitative estimate of drug-likeness (QED) is 0.119. The zero-order chi connectivity index (χ0) is 27.3. The van der Waals surface area contributed by atoms with Crippen LogP contribution in [0, 0.1) is 12.3 Å². The van der Waals surface area contributed by atoms with E-state index in [2.05, 4.69) is 28.1 Å². The number of nitrogens with zero attached hydrogens (tertiary/aromatic N) is 2. The Labute approximate surface area is 229 Å². The minimum atomic E-state index is -0.300. The summed E-state index contributed by atoms with van der Waals surface area (Å²) in [4.78, 5) is 45.2. The van der Waals surface area contributed by atoms with Crippen molar-refractivity contribution in [2.24, 2.45) is 0 Å². The Morgan fingerprint density at radius 2 is 2.00 bits per heavy atom. The van der Waals surface area contributed by atoms with Crippen LogP contribution in [-0.4, -0.2) is 53.0 Å². The third-order valence-corrected chi connectivity index (χ3v) is 7.86. The van der Waals surface area contributed by atoms with Gasteiger partial charge in [-0.15, -0.1) is 6.42 Å². The maximum absolute atomic E-state index is 12.5. The lowest BCUT2D eigenvalue weighted by Gasteiger charge is -2.23. The van der Waals surface area contributed by atoms with Crippen molar-refractivity contribution in [1.82, 2.24) is 15.3 Å². The Kier molecular flexibility index (Phi) is 11.4. The second kappa shape index (κ2) is 15.0. The van der Waals surface area contributed by atoms with Crippen molar-refractivity contribution in [1.29, 1.82) is 0 Å². The number of aromatic nitrogens is 2. The smallest absolute Gasteiger partial charge is 0.305 e. The van der Waals surface area contributed by atoms with Crippen LogP contribution < -0.4 is 21.5 Å². The van der Waals surface area contributed by atoms with Gasteiger partial charge in [0.2, 0.25) is 5.95 Å². The van der Waals surface area contributed by atoms with E-state index in [0.717, 1.165) is 22.8 Å². The van der Waals surface area contributed by atoms with E-state index in [0.29, 0.717) is 49.1 Å². The van der Waals surface area contributed by atoms with E-state index in [1.165, 1.54) is 0 Å². The highest BCUT2D eigenvalue weighted by atomic mass is 33.1. The fraction of sp³-hybridized carbons (Fsp3) is 0.333. The predicted molar refractivity (Wildman–Crippen MR) is 156 cm³/mol. The summed E-state index contributed by atoms with van der Waals surface area (Å²) in [5, 5.41) is 3.28. The molecule has 0 aliphatic rings. The molecule has 1 aromatic heterocycles. The Balaban J connectivity index is 1.52. The highest BCUT2D eigenvalue weighted by Gasteiger charge is 2.11. The Hall–Kier alpha value is -3.62. The van der Waals surface area contributed by atoms with Gasteiger partial charge in [0.15, 0.2) is 0 Å². The third-order valence-electron chi connectivity index (χ3n) is 5.41. The highest BCUT2D eigenvalue weighted by molar-refractivity contribution is 8.76. The zero-order valence-corrected chi connectivity index (χ0v) is 22.8. The van der Waals surface area contributed by atoms with E-state index in [4.69, 9.17) is 16.9 Å². The van der Waals surface area contributed by atoms with Gasteiger partial charge in [0.1, 0.15) is 6.61 Å². The molecule has 38 heavy (non-hydrogen) atoms. The van der Waals surface area contributed by atoms with Gasteiger partial charge < -0.3 is 20.7 Å². The first-order chi connectivity index (χ1) is 18.4. The SMILES string of the molecule is C#CCN(Cc1ccc2nc(N)[nH]c(=O)c2c1)c1ccc(C(=O)NCCCC(=O)OCCSSCC)cc1. The Morgan fingerprint density at radius 3 is 2.74 bits per heavy atom. The maximum Gasteiger partial charge on any atom is 0.305 e. The molecule has 0 aliphatic heterocycles. The number of nitrogen functional groups attached to an aromatic ring is 1. The van der Waals surface area contributed by atoms with E-state index < -0.39 is 0 Å². The molecule has 1 heterocycles. The Bertz CT molecular complexity index is 1340. The number of esters is 1. The summed E-state index contributed by atoms with van der Waals surface area (Å²) in [5.41, 5.74) is 8.06. The summed E-state index contributed by atoms with van der Waals surface area (Å²) < 4.78 is 5.18. The van der Waals surface area contributed by atoms with Gasteiger partial charge in [-0.1, -0.05) is 40.5 Å². The number of nitrogens with two attached hydrogens (primary N) is 1. The summed E-state index contributed by atoms with van der Waals surface area (Å²) in [5.74, 6) is 4.04. The van der Waals surface area contributed by atoms with Crippen LogP contribution in [0.1, 0.15) is 35.7 Å². The molecule has 3 aromatic rings. The number of hydrogen-bond donors (Lipinski definition) is 3. The summed E-state index contributed by atoms with van der Waals surface area (Å²) in [7, 11) is 3.42. The van der Waals surface area contributed by atoms with E-state index in [9.17, 15) is 14.4 Å². The average Bonchev–Trinajstić information content (AvgIpc) is 2.91. The standard InChI is InChI=1S/C27H31N5O4S2/c1-3-14-32(18-19-7-12-23-22(17-19)26(35)31-27(28)30-23)21-10-8-20(9-11-21)25(34)29-13-5-6-24(33)36-15-16-38-37-4-2/h1,7-12,17H,4-6,13-16,18H2,2H3,(H,29,34)(H3,28,30,31,35). The van der Waals surface area contributed by atoms with E-state index in [1.54, 1.807) is 45.9 Å². The molecule has 0 aliphatic carbocycles. The molecule has 0 saturated heterocycles. The number of carbonyl (C=O) groups excluding carboxylic acids is 2. The number of rotatable bonds is 14. The molecule has 0 fully saturated rings. The van der Waals surface area contributed by atoms with Crippen LogP contribution in [0.3, 0.4) is 0 Å². The number of carbonyl (C=O) groups is 2. The summed E-state index contributed by atoms with van der Waals surface area (Å²) >= 11 is 0. The first-order valence-corrected chi connectivity index (χ1v) is 14.6. The number of ether oxygens (including phenoxy) is 1. The number of anilines is 2. The number of amides is 1. The first kappa shape index (κ1) is 28.9. The van der Waals surface area contributed by atoms with Gasteiger partial charge >= 0.3 is 5.97 Å². The maximum atomic E-state index is 12.5. The average molecular weight is 554 g/mol. The third kappa shape index (κ3) is 8.75. The zero-order valence-electron chi connectivity index (χ0n) is 21.2. The number of hydrogen-bond acceptors (Lipinski definition) is 9. The molecule has 0 radical (unpaired) electrons. The van der Waals surface area contributed by atoms with Crippen LogP contribution in [0.15, 0.2) is 47.3 Å². The molecule has 4 N–H and O–H groups in total. The van der Waals surface area contributed by atoms with Crippen LogP contribution in [0.4, 0.5) is 11.6 Å². The highest BCUT2D eigenvalue weighted by Crippen LogP contribution is 2.20. The molecule has 200 valence electrons. The predicted octanol–water partition coefficient (Wildman–Crippen LogP) is 3.60. The summed E-state index contributed by atoms with van der Waals surface area (Å²) in [6.45, 7) is 3.65. The monoisotopic (exact) mass is 553 g/mol. The lowest BCUT2D eigenvalue weighted by atomic mass is 10.1. The molecule has 0 saturated carbocycles. The van der Waals surface area contributed by atoms with Crippen molar-refractivity contribution in [3.63, 3.8) is 0 Å². The van der Waals surface area contributed by atoms with Crippen molar-refractivity contribution in [2.75, 3.05) is 41.8 Å². The van der Waals surface area contributed by atoms with Crippen LogP contribution in [0.5, 0.6) is 0 Å². The number of nitrogens with one attached hydrogen (secondary N) is 2. The van der Waals surface area contributed by atoms with Gasteiger partial charge in [0.25, 0.3) is 11.5 Å². The van der Waals surface area contributed by atoms with Crippen LogP contribution >= 0.6 is 21.6 Å². The van der Waals surface area contributed by atoms with Crippen LogP contribution in [-0.2, 0) is 16.1 Å². The number of fused-ring (bicyclic) bond motifs is 1. The second-order valence-electron chi connectivity index (χ2n) is 8.22. The normalized spacial score (nSPS) is 10.6. The second-order valence-corrected chi connectivity index (χ2v) is 11.1. The van der Waals surface area contributed by atoms with Gasteiger partial charge in [0, 0.05) is 42.3 Å². The van der Waals surface area contributed by atoms with Gasteiger partial charge in [-0.2, -0.15) is 0 Å². The Morgan fingerprint density at radius 1 is 1.21 bits per heavy atom. The van der Waals surface area contributed by atoms with E-state index >= 15 is 0 Å². The van der Waals surface area contributed by atoms with Crippen molar-refractivity contribution >= 4 is 56.0 Å². The molecule has 0 spiro atoms. The number of H-pyrrole nitrogens is 1. The van der Waals surface area contributed by atoms with Crippen LogP contribution in [0.25, 0.3) is 10.9 Å². The van der Waals surface area contributed by atoms with Crippen molar-refractivity contribution < 1.29 is 14.3 Å². The van der Waals surface area contributed by atoms with Crippen molar-refractivity contribution in [3.05, 3.63) is 63.9 Å². The van der Waals surface area contributed by atoms with E-state index in [1.807, 2.05) is 23.1 Å². The van der Waals surface area contributed by atoms with Gasteiger partial charge in [-0.25, -0.2) is 4.98 Å². The molecule has 0 atom stereocenters. The fourth-order valence-corrected chi connectivity index (χ4v) is 5.13. The summed E-state index contributed by atoms with van der Waals surface area (Å²) in [6, 6.07) is 12.5. The molecular weight excluding hydrogens is 522 g/mol. The molecule has 0 bridgehead atoms. The van der Waals surface area contributed by atoms with Crippen LogP contribution in [0.2, 0.25) is 0 Å². The number of benzene rings is 2. The number of terminal acetylenes is 1. The summed E-state index contributed by atoms with van der Waals surface area (Å²) in [6.07, 6.45) is 6.36. The topological polar surface area (TPSA) is 130 Å². The minimum Gasteiger partial charge on any atom is -0.465 e. The van der Waals surface area contributed by atoms with Gasteiger partial charge in [-0.05, 0) is 48.4 Å². The molecule has 0 unspecified atom stereocenters. The fourth-order valence-electron chi connectivity index (χ4n) is 3.64. The molecule has 1 amide bonds. The molecule has 11 heteroatoms. The molecule has 9 nitrogen and oxygen atoms in total. The lowest BCUT2D eigenvalue weighted by molar-refractivity contribution is -0.143.